The average Bonchev–Trinajstić information content (AvgIpc) is 3.06. The zero-order valence-electron chi connectivity index (χ0n) is 20.8. The van der Waals surface area contributed by atoms with E-state index in [-0.39, 0.29) is 11.5 Å². The van der Waals surface area contributed by atoms with E-state index >= 15 is 0 Å². The summed E-state index contributed by atoms with van der Waals surface area (Å²) < 4.78 is 0. The van der Waals surface area contributed by atoms with Crippen molar-refractivity contribution in [1.29, 1.82) is 0 Å². The lowest BCUT2D eigenvalue weighted by atomic mass is 9.53. The van der Waals surface area contributed by atoms with Crippen molar-refractivity contribution in [2.45, 2.75) is 118 Å². The van der Waals surface area contributed by atoms with Gasteiger partial charge in [-0.1, -0.05) is 77.2 Å². The van der Waals surface area contributed by atoms with E-state index in [4.69, 9.17) is 0 Å². The Kier molecular flexibility index (Phi) is 6.35. The summed E-state index contributed by atoms with van der Waals surface area (Å²) in [5.41, 5.74) is 6.01. The molecule has 1 nitrogen and oxygen atoms in total. The van der Waals surface area contributed by atoms with Crippen LogP contribution >= 0.6 is 0 Å². The molecule has 2 fully saturated rings. The summed E-state index contributed by atoms with van der Waals surface area (Å²) in [6, 6.07) is 0. The normalized spacial score (nSPS) is 40.5. The van der Waals surface area contributed by atoms with Crippen molar-refractivity contribution < 1.29 is 5.11 Å². The van der Waals surface area contributed by atoms with E-state index in [0.717, 1.165) is 48.9 Å². The summed E-state index contributed by atoms with van der Waals surface area (Å²) in [5.74, 6) is 4.33. The minimum atomic E-state index is -0.102. The average molecular weight is 413 g/mol. The first kappa shape index (κ1) is 22.6. The SMILES string of the molecule is CCC(CCC(C)C1CCC2C3=C(CCC21C)C1(C)CCC(O)CC1=CC3)C(C)C. The van der Waals surface area contributed by atoms with Crippen molar-refractivity contribution in [3.63, 3.8) is 0 Å². The molecule has 4 aliphatic carbocycles. The van der Waals surface area contributed by atoms with Crippen LogP contribution < -0.4 is 0 Å². The van der Waals surface area contributed by atoms with Crippen molar-refractivity contribution in [2.24, 2.45) is 40.4 Å². The fraction of sp³-hybridized carbons (Fsp3) is 0.862. The highest BCUT2D eigenvalue weighted by molar-refractivity contribution is 5.43. The van der Waals surface area contributed by atoms with Gasteiger partial charge < -0.3 is 5.11 Å². The van der Waals surface area contributed by atoms with Gasteiger partial charge in [0.1, 0.15) is 0 Å². The Labute approximate surface area is 186 Å². The summed E-state index contributed by atoms with van der Waals surface area (Å²) in [6.45, 7) is 15.0. The molecule has 0 aromatic rings. The van der Waals surface area contributed by atoms with Crippen LogP contribution in [0.2, 0.25) is 0 Å². The van der Waals surface area contributed by atoms with Gasteiger partial charge in [-0.05, 0) is 92.8 Å². The van der Waals surface area contributed by atoms with Gasteiger partial charge in [0.15, 0.2) is 0 Å². The molecule has 4 rings (SSSR count). The number of rotatable bonds is 6. The Balaban J connectivity index is 1.51. The molecule has 1 heteroatoms. The Bertz CT molecular complexity index is 699. The first-order chi connectivity index (χ1) is 14.2. The van der Waals surface area contributed by atoms with E-state index in [9.17, 15) is 5.11 Å². The molecule has 0 aromatic heterocycles. The Morgan fingerprint density at radius 1 is 1.07 bits per heavy atom. The number of hydrogen-bond donors (Lipinski definition) is 1. The number of fused-ring (bicyclic) bond motifs is 4. The van der Waals surface area contributed by atoms with Crippen LogP contribution in [0.4, 0.5) is 0 Å². The summed E-state index contributed by atoms with van der Waals surface area (Å²) in [4.78, 5) is 0. The number of hydrogen-bond acceptors (Lipinski definition) is 1. The minimum absolute atomic E-state index is 0.102. The van der Waals surface area contributed by atoms with Crippen LogP contribution in [0, 0.1) is 40.4 Å². The maximum Gasteiger partial charge on any atom is 0.0578 e. The highest BCUT2D eigenvalue weighted by atomic mass is 16.3. The molecule has 0 amide bonds. The molecule has 0 aromatic carbocycles. The van der Waals surface area contributed by atoms with Crippen molar-refractivity contribution in [3.8, 4) is 0 Å². The van der Waals surface area contributed by atoms with E-state index in [1.165, 1.54) is 51.4 Å². The van der Waals surface area contributed by atoms with E-state index in [0.29, 0.717) is 5.41 Å². The molecule has 170 valence electrons. The maximum absolute atomic E-state index is 10.2. The second kappa shape index (κ2) is 8.42. The number of aliphatic hydroxyl groups is 1. The first-order valence-corrected chi connectivity index (χ1v) is 13.3. The molecule has 0 heterocycles. The van der Waals surface area contributed by atoms with Crippen LogP contribution in [-0.4, -0.2) is 11.2 Å². The molecule has 0 saturated heterocycles. The maximum atomic E-state index is 10.2. The minimum Gasteiger partial charge on any atom is -0.393 e. The van der Waals surface area contributed by atoms with Gasteiger partial charge >= 0.3 is 0 Å². The van der Waals surface area contributed by atoms with Crippen LogP contribution in [0.5, 0.6) is 0 Å². The molecular formula is C29H48O. The van der Waals surface area contributed by atoms with Gasteiger partial charge in [0, 0.05) is 5.41 Å². The molecule has 0 radical (unpaired) electrons. The standard InChI is InChI=1S/C29H48O/c1-7-21(19(2)3)9-8-20(4)25-12-13-26-24-11-10-22-18-23(30)14-16-28(22,5)27(24)15-17-29(25,26)6/h10,19-21,23,25-26,30H,7-9,11-18H2,1-6H3. The van der Waals surface area contributed by atoms with Crippen molar-refractivity contribution in [2.75, 3.05) is 0 Å². The first-order valence-electron chi connectivity index (χ1n) is 13.3. The highest BCUT2D eigenvalue weighted by Gasteiger charge is 2.54. The van der Waals surface area contributed by atoms with Gasteiger partial charge in [0.2, 0.25) is 0 Å². The predicted molar refractivity (Wildman–Crippen MR) is 128 cm³/mol. The van der Waals surface area contributed by atoms with Gasteiger partial charge in [0.25, 0.3) is 0 Å². The highest BCUT2D eigenvalue weighted by Crippen LogP contribution is 2.65. The Morgan fingerprint density at radius 3 is 2.53 bits per heavy atom. The lowest BCUT2D eigenvalue weighted by molar-refractivity contribution is 0.0845. The smallest absolute Gasteiger partial charge is 0.0578 e. The zero-order valence-corrected chi connectivity index (χ0v) is 20.8. The monoisotopic (exact) mass is 412 g/mol. The van der Waals surface area contributed by atoms with Crippen LogP contribution in [0.15, 0.2) is 22.8 Å². The molecule has 7 atom stereocenters. The van der Waals surface area contributed by atoms with E-state index in [1.54, 1.807) is 5.57 Å². The molecule has 30 heavy (non-hydrogen) atoms. The molecule has 4 aliphatic rings. The van der Waals surface area contributed by atoms with E-state index < -0.39 is 0 Å². The number of allylic oxidation sites excluding steroid dienone is 3. The van der Waals surface area contributed by atoms with Crippen molar-refractivity contribution in [1.82, 2.24) is 0 Å². The van der Waals surface area contributed by atoms with Gasteiger partial charge in [0.05, 0.1) is 6.10 Å². The summed E-state index contributed by atoms with van der Waals surface area (Å²) >= 11 is 0. The van der Waals surface area contributed by atoms with Crippen LogP contribution in [0.25, 0.3) is 0 Å². The second-order valence-electron chi connectivity index (χ2n) is 12.4. The third kappa shape index (κ3) is 3.66. The molecular weight excluding hydrogens is 364 g/mol. The second-order valence-corrected chi connectivity index (χ2v) is 12.4. The molecule has 7 unspecified atom stereocenters. The van der Waals surface area contributed by atoms with Crippen molar-refractivity contribution >= 4 is 0 Å². The van der Waals surface area contributed by atoms with E-state index in [1.807, 2.05) is 11.1 Å². The number of aliphatic hydroxyl groups excluding tert-OH is 1. The van der Waals surface area contributed by atoms with Crippen LogP contribution in [0.1, 0.15) is 112 Å². The van der Waals surface area contributed by atoms with Crippen LogP contribution in [0.3, 0.4) is 0 Å². The van der Waals surface area contributed by atoms with Gasteiger partial charge in [-0.3, -0.25) is 0 Å². The third-order valence-corrected chi connectivity index (χ3v) is 10.7. The van der Waals surface area contributed by atoms with Crippen molar-refractivity contribution in [3.05, 3.63) is 22.8 Å². The summed E-state index contributed by atoms with van der Waals surface area (Å²) in [6.07, 6.45) is 16.5. The largest absolute Gasteiger partial charge is 0.393 e. The quantitative estimate of drug-likeness (QED) is 0.437. The zero-order chi connectivity index (χ0) is 21.7. The van der Waals surface area contributed by atoms with E-state index in [2.05, 4.69) is 47.6 Å². The van der Waals surface area contributed by atoms with Gasteiger partial charge in [-0.2, -0.15) is 0 Å². The summed E-state index contributed by atoms with van der Waals surface area (Å²) in [5, 5.41) is 10.2. The topological polar surface area (TPSA) is 20.2 Å². The fourth-order valence-electron chi connectivity index (χ4n) is 8.56. The predicted octanol–water partition coefficient (Wildman–Crippen LogP) is 8.09. The molecule has 0 spiro atoms. The Hall–Kier alpha value is -0.560. The van der Waals surface area contributed by atoms with Gasteiger partial charge in [-0.25, -0.2) is 0 Å². The molecule has 2 saturated carbocycles. The van der Waals surface area contributed by atoms with Crippen LogP contribution in [-0.2, 0) is 0 Å². The fourth-order valence-corrected chi connectivity index (χ4v) is 8.56. The third-order valence-electron chi connectivity index (χ3n) is 10.7. The molecule has 0 bridgehead atoms. The lowest BCUT2D eigenvalue weighted by Gasteiger charge is -2.52. The summed E-state index contributed by atoms with van der Waals surface area (Å²) in [7, 11) is 0. The Morgan fingerprint density at radius 2 is 1.83 bits per heavy atom. The lowest BCUT2D eigenvalue weighted by Crippen LogP contribution is -2.42. The van der Waals surface area contributed by atoms with Gasteiger partial charge in [-0.15, -0.1) is 0 Å². The molecule has 0 aliphatic heterocycles. The molecule has 1 N–H and O–H groups in total.